The van der Waals surface area contributed by atoms with Crippen LogP contribution in [0.1, 0.15) is 45.2 Å². The van der Waals surface area contributed by atoms with Gasteiger partial charge in [-0.25, -0.2) is 4.79 Å². The summed E-state index contributed by atoms with van der Waals surface area (Å²) < 4.78 is 22.5. The van der Waals surface area contributed by atoms with E-state index < -0.39 is 36.0 Å². The number of urea groups is 1. The van der Waals surface area contributed by atoms with Crippen LogP contribution in [0.5, 0.6) is 0 Å². The number of para-hydroxylation sites is 1. The molecule has 3 rings (SSSR count). The monoisotopic (exact) mass is 570 g/mol. The Hall–Kier alpha value is -3.51. The number of anilines is 2. The zero-order valence-electron chi connectivity index (χ0n) is 24.5. The molecule has 2 aromatic carbocycles. The molecular weight excluding hydrogens is 528 g/mol. The number of benzene rings is 2. The number of fused-ring (bicyclic) bond motifs is 1. The fraction of sp³-hybridized carbons (Fsp3) is 0.500. The molecule has 0 aromatic heterocycles. The van der Waals surface area contributed by atoms with Crippen molar-refractivity contribution in [1.29, 1.82) is 0 Å². The minimum absolute atomic E-state index is 0.0823. The van der Waals surface area contributed by atoms with E-state index in [0.717, 1.165) is 5.56 Å². The van der Waals surface area contributed by atoms with E-state index in [1.165, 1.54) is 4.90 Å². The Morgan fingerprint density at radius 3 is 2.05 bits per heavy atom. The predicted molar refractivity (Wildman–Crippen MR) is 156 cm³/mol. The third kappa shape index (κ3) is 8.26. The Morgan fingerprint density at radius 2 is 1.44 bits per heavy atom. The van der Waals surface area contributed by atoms with Crippen molar-refractivity contribution < 1.29 is 33.3 Å². The molecule has 11 heteroatoms. The van der Waals surface area contributed by atoms with E-state index in [4.69, 9.17) is 18.9 Å². The van der Waals surface area contributed by atoms with Gasteiger partial charge in [0.05, 0.1) is 25.2 Å². The molecule has 0 fully saturated rings. The predicted octanol–water partition coefficient (Wildman–Crippen LogP) is 3.66. The molecule has 0 aliphatic carbocycles. The topological polar surface area (TPSA) is 127 Å². The molecule has 1 heterocycles. The molecule has 1 aliphatic rings. The summed E-state index contributed by atoms with van der Waals surface area (Å²) in [5, 5.41) is 8.43. The second kappa shape index (κ2) is 15.5. The Morgan fingerprint density at radius 1 is 0.854 bits per heavy atom. The van der Waals surface area contributed by atoms with Gasteiger partial charge in [0.25, 0.3) is 5.91 Å². The fourth-order valence-corrected chi connectivity index (χ4v) is 4.75. The summed E-state index contributed by atoms with van der Waals surface area (Å²) in [5.74, 6) is -0.926. The standard InChI is InChI=1S/C30H42N4O7/c1-6-38-26(39-7-2)19-31-25(35)18-30(33-29(37)32-22-16-14-21(5)15-17-22)23-12-10-11-13-24(23)34(28(30)36)20-27(40-8-3)41-9-4/h10-17,26-27H,6-9,18-20H2,1-5H3,(H,31,35)(H2,32,33,37)/t30-/m0/s1. The van der Waals surface area contributed by atoms with Crippen molar-refractivity contribution in [2.24, 2.45) is 0 Å². The first kappa shape index (κ1) is 32.0. The van der Waals surface area contributed by atoms with E-state index in [9.17, 15) is 14.4 Å². The molecule has 1 atom stereocenters. The fourth-order valence-electron chi connectivity index (χ4n) is 4.75. The largest absolute Gasteiger partial charge is 0.351 e. The van der Waals surface area contributed by atoms with Gasteiger partial charge in [-0.1, -0.05) is 35.9 Å². The Bertz CT molecular complexity index is 1150. The van der Waals surface area contributed by atoms with Crippen molar-refractivity contribution in [3.63, 3.8) is 0 Å². The zero-order valence-corrected chi connectivity index (χ0v) is 24.5. The number of hydrogen-bond donors (Lipinski definition) is 3. The lowest BCUT2D eigenvalue weighted by atomic mass is 9.87. The molecule has 224 valence electrons. The summed E-state index contributed by atoms with van der Waals surface area (Å²) in [6, 6.07) is 13.7. The number of nitrogens with zero attached hydrogens (tertiary/aromatic N) is 1. The average Bonchev–Trinajstić information content (AvgIpc) is 3.16. The lowest BCUT2D eigenvalue weighted by Crippen LogP contribution is -2.57. The number of nitrogens with one attached hydrogen (secondary N) is 3. The second-order valence-corrected chi connectivity index (χ2v) is 9.44. The highest BCUT2D eigenvalue weighted by atomic mass is 16.7. The lowest BCUT2D eigenvalue weighted by molar-refractivity contribution is -0.143. The first-order valence-corrected chi connectivity index (χ1v) is 14.1. The number of carbonyl (C=O) groups excluding carboxylic acids is 3. The minimum Gasteiger partial charge on any atom is -0.351 e. The Balaban J connectivity index is 1.94. The molecule has 41 heavy (non-hydrogen) atoms. The van der Waals surface area contributed by atoms with Crippen LogP contribution in [-0.4, -0.2) is 69.9 Å². The third-order valence-corrected chi connectivity index (χ3v) is 6.53. The van der Waals surface area contributed by atoms with Gasteiger partial charge in [0.1, 0.15) is 0 Å². The summed E-state index contributed by atoms with van der Waals surface area (Å²) in [5.41, 5.74) is 0.956. The second-order valence-electron chi connectivity index (χ2n) is 9.44. The number of carbonyl (C=O) groups is 3. The summed E-state index contributed by atoms with van der Waals surface area (Å²) >= 11 is 0. The Labute approximate surface area is 241 Å². The number of rotatable bonds is 16. The number of hydrogen-bond acceptors (Lipinski definition) is 7. The molecule has 0 saturated carbocycles. The van der Waals surface area contributed by atoms with Crippen molar-refractivity contribution in [3.8, 4) is 0 Å². The van der Waals surface area contributed by atoms with Crippen LogP contribution < -0.4 is 20.9 Å². The molecule has 1 aliphatic heterocycles. The van der Waals surface area contributed by atoms with Crippen LogP contribution in [0.3, 0.4) is 0 Å². The molecule has 0 bridgehead atoms. The molecule has 0 saturated heterocycles. The number of aryl methyl sites for hydroxylation is 1. The third-order valence-electron chi connectivity index (χ3n) is 6.53. The van der Waals surface area contributed by atoms with Crippen LogP contribution >= 0.6 is 0 Å². The first-order chi connectivity index (χ1) is 19.8. The SMILES string of the molecule is CCOC(CNC(=O)C[C@@]1(NC(=O)Nc2ccc(C)cc2)C(=O)N(CC(OCC)OCC)c2ccccc21)OCC. The van der Waals surface area contributed by atoms with Crippen molar-refractivity contribution in [2.75, 3.05) is 49.7 Å². The average molecular weight is 571 g/mol. The molecule has 0 radical (unpaired) electrons. The highest BCUT2D eigenvalue weighted by Crippen LogP contribution is 2.42. The van der Waals surface area contributed by atoms with E-state index in [0.29, 0.717) is 43.4 Å². The lowest BCUT2D eigenvalue weighted by Gasteiger charge is -2.31. The van der Waals surface area contributed by atoms with E-state index in [2.05, 4.69) is 16.0 Å². The van der Waals surface area contributed by atoms with Gasteiger partial charge in [-0.2, -0.15) is 0 Å². The highest BCUT2D eigenvalue weighted by Gasteiger charge is 2.53. The van der Waals surface area contributed by atoms with E-state index in [-0.39, 0.29) is 19.5 Å². The summed E-state index contributed by atoms with van der Waals surface area (Å²) in [4.78, 5) is 42.5. The smallest absolute Gasteiger partial charge is 0.320 e. The molecule has 11 nitrogen and oxygen atoms in total. The maximum Gasteiger partial charge on any atom is 0.320 e. The van der Waals surface area contributed by atoms with Gasteiger partial charge in [-0.15, -0.1) is 0 Å². The van der Waals surface area contributed by atoms with Gasteiger partial charge in [0.15, 0.2) is 18.1 Å². The quantitative estimate of drug-likeness (QED) is 0.263. The van der Waals surface area contributed by atoms with Gasteiger partial charge in [-0.05, 0) is 52.8 Å². The summed E-state index contributed by atoms with van der Waals surface area (Å²) in [6.45, 7) is 11.1. The van der Waals surface area contributed by atoms with Crippen LogP contribution in [0.2, 0.25) is 0 Å². The van der Waals surface area contributed by atoms with Gasteiger partial charge >= 0.3 is 6.03 Å². The Kier molecular flexibility index (Phi) is 12.1. The molecule has 4 amide bonds. The zero-order chi connectivity index (χ0) is 29.8. The van der Waals surface area contributed by atoms with Crippen LogP contribution in [0.15, 0.2) is 48.5 Å². The maximum absolute atomic E-state index is 14.3. The van der Waals surface area contributed by atoms with Crippen LogP contribution in [-0.2, 0) is 34.1 Å². The van der Waals surface area contributed by atoms with E-state index in [1.807, 2.05) is 46.8 Å². The van der Waals surface area contributed by atoms with Crippen LogP contribution in [0.25, 0.3) is 0 Å². The molecule has 2 aromatic rings. The van der Waals surface area contributed by atoms with E-state index >= 15 is 0 Å². The van der Waals surface area contributed by atoms with Crippen LogP contribution in [0, 0.1) is 6.92 Å². The van der Waals surface area contributed by atoms with Crippen molar-refractivity contribution in [3.05, 3.63) is 59.7 Å². The van der Waals surface area contributed by atoms with Crippen molar-refractivity contribution in [1.82, 2.24) is 10.6 Å². The van der Waals surface area contributed by atoms with Crippen molar-refractivity contribution in [2.45, 2.75) is 59.2 Å². The van der Waals surface area contributed by atoms with Gasteiger partial charge in [0.2, 0.25) is 5.91 Å². The number of amides is 4. The van der Waals surface area contributed by atoms with Gasteiger partial charge in [-0.3, -0.25) is 9.59 Å². The summed E-state index contributed by atoms with van der Waals surface area (Å²) in [7, 11) is 0. The number of ether oxygens (including phenoxy) is 4. The minimum atomic E-state index is -1.69. The molecular formula is C30H42N4O7. The summed E-state index contributed by atoms with van der Waals surface area (Å²) in [6.07, 6.45) is -1.67. The normalized spacial score (nSPS) is 16.3. The molecule has 0 unspecified atom stereocenters. The molecule has 3 N–H and O–H groups in total. The van der Waals surface area contributed by atoms with Crippen LogP contribution in [0.4, 0.5) is 16.2 Å². The van der Waals surface area contributed by atoms with Gasteiger partial charge in [0, 0.05) is 37.7 Å². The maximum atomic E-state index is 14.3. The van der Waals surface area contributed by atoms with E-state index in [1.54, 1.807) is 36.4 Å². The highest BCUT2D eigenvalue weighted by molar-refractivity contribution is 6.12. The van der Waals surface area contributed by atoms with Crippen molar-refractivity contribution >= 4 is 29.2 Å². The first-order valence-electron chi connectivity index (χ1n) is 14.1. The van der Waals surface area contributed by atoms with Gasteiger partial charge < -0.3 is 39.8 Å². The molecule has 0 spiro atoms.